The summed E-state index contributed by atoms with van der Waals surface area (Å²) in [4.78, 5) is 0.412. The quantitative estimate of drug-likeness (QED) is 0.869. The van der Waals surface area contributed by atoms with Gasteiger partial charge in [0, 0.05) is 18.4 Å². The van der Waals surface area contributed by atoms with Crippen LogP contribution in [0.25, 0.3) is 0 Å². The molecule has 1 unspecified atom stereocenters. The van der Waals surface area contributed by atoms with Crippen LogP contribution < -0.4 is 10.5 Å². The molecule has 2 aliphatic rings. The van der Waals surface area contributed by atoms with Crippen LogP contribution in [-0.4, -0.2) is 23.3 Å². The Labute approximate surface area is 125 Å². The first-order valence-electron chi connectivity index (χ1n) is 7.37. The molecule has 1 atom stereocenters. The third-order valence-corrected chi connectivity index (χ3v) is 4.62. The van der Waals surface area contributed by atoms with Gasteiger partial charge in [0.25, 0.3) is 0 Å². The summed E-state index contributed by atoms with van der Waals surface area (Å²) in [5, 5.41) is 0. The Morgan fingerprint density at radius 2 is 2.15 bits per heavy atom. The first-order valence-corrected chi connectivity index (χ1v) is 7.78. The van der Waals surface area contributed by atoms with Gasteiger partial charge in [-0.25, -0.2) is 0 Å². The summed E-state index contributed by atoms with van der Waals surface area (Å²) in [5.41, 5.74) is 6.61. The maximum absolute atomic E-state index is 6.14. The van der Waals surface area contributed by atoms with E-state index in [1.807, 2.05) is 24.3 Å². The zero-order chi connectivity index (χ0) is 14.0. The van der Waals surface area contributed by atoms with Crippen molar-refractivity contribution in [3.05, 3.63) is 29.8 Å². The van der Waals surface area contributed by atoms with E-state index in [0.29, 0.717) is 4.99 Å². The van der Waals surface area contributed by atoms with Gasteiger partial charge in [0.2, 0.25) is 0 Å². The van der Waals surface area contributed by atoms with Crippen molar-refractivity contribution >= 4 is 17.2 Å². The van der Waals surface area contributed by atoms with Crippen molar-refractivity contribution in [3.8, 4) is 5.75 Å². The van der Waals surface area contributed by atoms with E-state index in [-0.39, 0.29) is 11.7 Å². The average Bonchev–Trinajstić information content (AvgIpc) is 2.87. The van der Waals surface area contributed by atoms with Crippen LogP contribution in [0.5, 0.6) is 5.75 Å². The molecule has 1 aromatic carbocycles. The molecule has 108 valence electrons. The maximum atomic E-state index is 6.14. The van der Waals surface area contributed by atoms with Gasteiger partial charge in [0.15, 0.2) is 0 Å². The minimum Gasteiger partial charge on any atom is -0.490 e. The molecule has 0 radical (unpaired) electrons. The highest BCUT2D eigenvalue weighted by Crippen LogP contribution is 2.40. The van der Waals surface area contributed by atoms with Gasteiger partial charge in [0.1, 0.15) is 16.8 Å². The monoisotopic (exact) mass is 291 g/mol. The molecule has 4 heteroatoms. The van der Waals surface area contributed by atoms with Crippen molar-refractivity contribution in [1.29, 1.82) is 0 Å². The smallest absolute Gasteiger partial charge is 0.120 e. The SMILES string of the molecule is NC(=S)c1cccc(OC2CCOC3(CCCC3)C2)c1. The Hall–Kier alpha value is -1.13. The normalized spacial score (nSPS) is 24.7. The van der Waals surface area contributed by atoms with E-state index in [2.05, 4.69) is 0 Å². The molecule has 1 aliphatic heterocycles. The Balaban J connectivity index is 1.68. The number of benzene rings is 1. The number of hydrogen-bond donors (Lipinski definition) is 1. The molecule has 0 aromatic heterocycles. The fourth-order valence-corrected chi connectivity index (χ4v) is 3.49. The molecule has 0 bridgehead atoms. The van der Waals surface area contributed by atoms with Crippen LogP contribution >= 0.6 is 12.2 Å². The van der Waals surface area contributed by atoms with Crippen molar-refractivity contribution in [2.24, 2.45) is 5.73 Å². The molecule has 3 nitrogen and oxygen atoms in total. The topological polar surface area (TPSA) is 44.5 Å². The van der Waals surface area contributed by atoms with Gasteiger partial charge in [0.05, 0.1) is 12.2 Å². The molecular formula is C16H21NO2S. The van der Waals surface area contributed by atoms with Crippen molar-refractivity contribution in [3.63, 3.8) is 0 Å². The molecule has 3 rings (SSSR count). The molecule has 1 saturated carbocycles. The number of thiocarbonyl (C=S) groups is 1. The predicted octanol–water partition coefficient (Wildman–Crippen LogP) is 3.19. The molecule has 20 heavy (non-hydrogen) atoms. The van der Waals surface area contributed by atoms with Gasteiger partial charge in [-0.2, -0.15) is 0 Å². The van der Waals surface area contributed by atoms with Crippen molar-refractivity contribution in [1.82, 2.24) is 0 Å². The lowest BCUT2D eigenvalue weighted by Gasteiger charge is -2.38. The zero-order valence-electron chi connectivity index (χ0n) is 11.6. The second-order valence-corrected chi connectivity index (χ2v) is 6.30. The Morgan fingerprint density at radius 3 is 2.90 bits per heavy atom. The molecule has 2 N–H and O–H groups in total. The van der Waals surface area contributed by atoms with Crippen LogP contribution in [0.4, 0.5) is 0 Å². The van der Waals surface area contributed by atoms with Gasteiger partial charge in [-0.15, -0.1) is 0 Å². The maximum Gasteiger partial charge on any atom is 0.120 e. The summed E-state index contributed by atoms with van der Waals surface area (Å²) in [5.74, 6) is 0.857. The third-order valence-electron chi connectivity index (χ3n) is 4.38. The molecule has 2 fully saturated rings. The molecule has 1 spiro atoms. The van der Waals surface area contributed by atoms with Gasteiger partial charge in [-0.05, 0) is 25.0 Å². The Kier molecular flexibility index (Phi) is 3.94. The number of rotatable bonds is 3. The third kappa shape index (κ3) is 2.96. The second kappa shape index (κ2) is 5.70. The highest BCUT2D eigenvalue weighted by atomic mass is 32.1. The van der Waals surface area contributed by atoms with Crippen LogP contribution in [0.1, 0.15) is 44.1 Å². The van der Waals surface area contributed by atoms with Crippen LogP contribution in [0, 0.1) is 0 Å². The predicted molar refractivity (Wildman–Crippen MR) is 83.1 cm³/mol. The summed E-state index contributed by atoms with van der Waals surface area (Å²) >= 11 is 5.01. The number of hydrogen-bond acceptors (Lipinski definition) is 3. The van der Waals surface area contributed by atoms with Crippen molar-refractivity contribution in [2.45, 2.75) is 50.2 Å². The van der Waals surface area contributed by atoms with Crippen LogP contribution in [-0.2, 0) is 4.74 Å². The molecule has 0 amide bonds. The molecule has 1 saturated heterocycles. The molecular weight excluding hydrogens is 270 g/mol. The minimum atomic E-state index is 0.0870. The first kappa shape index (κ1) is 13.8. The fourth-order valence-electron chi connectivity index (χ4n) is 3.37. The summed E-state index contributed by atoms with van der Waals surface area (Å²) in [6.45, 7) is 0.805. The molecule has 1 aliphatic carbocycles. The van der Waals surface area contributed by atoms with Crippen LogP contribution in [0.2, 0.25) is 0 Å². The molecule has 1 heterocycles. The van der Waals surface area contributed by atoms with E-state index in [0.717, 1.165) is 30.8 Å². The zero-order valence-corrected chi connectivity index (χ0v) is 12.5. The van der Waals surface area contributed by atoms with E-state index in [9.17, 15) is 0 Å². The van der Waals surface area contributed by atoms with Gasteiger partial charge < -0.3 is 15.2 Å². The Bertz CT molecular complexity index is 497. The van der Waals surface area contributed by atoms with Gasteiger partial charge in [-0.3, -0.25) is 0 Å². The van der Waals surface area contributed by atoms with Crippen molar-refractivity contribution < 1.29 is 9.47 Å². The lowest BCUT2D eigenvalue weighted by molar-refractivity contribution is -0.108. The Morgan fingerprint density at radius 1 is 1.35 bits per heavy atom. The van der Waals surface area contributed by atoms with Gasteiger partial charge >= 0.3 is 0 Å². The second-order valence-electron chi connectivity index (χ2n) is 5.86. The summed E-state index contributed by atoms with van der Waals surface area (Å²) < 4.78 is 12.2. The average molecular weight is 291 g/mol. The summed E-state index contributed by atoms with van der Waals surface area (Å²) in [6.07, 6.45) is 7.12. The summed E-state index contributed by atoms with van der Waals surface area (Å²) in [7, 11) is 0. The number of ether oxygens (including phenoxy) is 2. The highest BCUT2D eigenvalue weighted by molar-refractivity contribution is 7.80. The van der Waals surface area contributed by atoms with E-state index < -0.39 is 0 Å². The van der Waals surface area contributed by atoms with Crippen molar-refractivity contribution in [2.75, 3.05) is 6.61 Å². The number of nitrogens with two attached hydrogens (primary N) is 1. The lowest BCUT2D eigenvalue weighted by Crippen LogP contribution is -2.41. The fraction of sp³-hybridized carbons (Fsp3) is 0.562. The minimum absolute atomic E-state index is 0.0870. The van der Waals surface area contributed by atoms with Gasteiger partial charge in [-0.1, -0.05) is 37.2 Å². The van der Waals surface area contributed by atoms with Crippen LogP contribution in [0.15, 0.2) is 24.3 Å². The highest BCUT2D eigenvalue weighted by Gasteiger charge is 2.40. The van der Waals surface area contributed by atoms with E-state index >= 15 is 0 Å². The van der Waals surface area contributed by atoms with E-state index in [1.165, 1.54) is 25.7 Å². The standard InChI is InChI=1S/C16H21NO2S/c17-15(20)12-4-3-5-13(10-12)19-14-6-9-18-16(11-14)7-1-2-8-16/h3-5,10,14H,1-2,6-9,11H2,(H2,17,20). The van der Waals surface area contributed by atoms with Crippen LogP contribution in [0.3, 0.4) is 0 Å². The largest absolute Gasteiger partial charge is 0.490 e. The molecule has 1 aromatic rings. The first-order chi connectivity index (χ1) is 9.67. The summed E-state index contributed by atoms with van der Waals surface area (Å²) in [6, 6.07) is 7.75. The lowest BCUT2D eigenvalue weighted by atomic mass is 9.90. The van der Waals surface area contributed by atoms with E-state index in [4.69, 9.17) is 27.4 Å². The van der Waals surface area contributed by atoms with E-state index in [1.54, 1.807) is 0 Å².